The van der Waals surface area contributed by atoms with Gasteiger partial charge in [-0.3, -0.25) is 4.79 Å². The Morgan fingerprint density at radius 3 is 2.60 bits per heavy atom. The second kappa shape index (κ2) is 7.06. The number of hydrogen-bond acceptors (Lipinski definition) is 4. The minimum absolute atomic E-state index is 0.0868. The van der Waals surface area contributed by atoms with Gasteiger partial charge in [-0.15, -0.1) is 0 Å². The van der Waals surface area contributed by atoms with Gasteiger partial charge in [0, 0.05) is 6.42 Å². The van der Waals surface area contributed by atoms with Crippen molar-refractivity contribution >= 4 is 26.8 Å². The summed E-state index contributed by atoms with van der Waals surface area (Å²) in [4.78, 5) is 19.8. The van der Waals surface area contributed by atoms with E-state index < -0.39 is 9.84 Å². The summed E-state index contributed by atoms with van der Waals surface area (Å²) < 4.78 is 24.3. The molecule has 6 nitrogen and oxygen atoms in total. The van der Waals surface area contributed by atoms with Gasteiger partial charge in [-0.2, -0.15) is 0 Å². The molecule has 0 fully saturated rings. The quantitative estimate of drug-likeness (QED) is 0.708. The lowest BCUT2D eigenvalue weighted by atomic mass is 10.2. The first-order valence-electron chi connectivity index (χ1n) is 7.94. The SMILES string of the molecule is Cc1cccc2[nH]c(CNC(=O)CCS(=O)(=O)c3ccccc3)nc12. The van der Waals surface area contributed by atoms with Crippen LogP contribution in [-0.4, -0.2) is 30.0 Å². The van der Waals surface area contributed by atoms with Gasteiger partial charge in [-0.25, -0.2) is 13.4 Å². The molecule has 0 aliphatic heterocycles. The number of aromatic nitrogens is 2. The van der Waals surface area contributed by atoms with Gasteiger partial charge in [0.15, 0.2) is 9.84 Å². The van der Waals surface area contributed by atoms with E-state index >= 15 is 0 Å². The van der Waals surface area contributed by atoms with Gasteiger partial charge in [0.2, 0.25) is 5.91 Å². The number of rotatable bonds is 6. The third-order valence-corrected chi connectivity index (χ3v) is 5.65. The van der Waals surface area contributed by atoms with Crippen LogP contribution in [0.4, 0.5) is 0 Å². The first-order valence-corrected chi connectivity index (χ1v) is 9.60. The van der Waals surface area contributed by atoms with Gasteiger partial charge in [-0.05, 0) is 30.7 Å². The van der Waals surface area contributed by atoms with E-state index in [0.29, 0.717) is 5.82 Å². The molecule has 0 unspecified atom stereocenters. The molecule has 0 bridgehead atoms. The third-order valence-electron chi connectivity index (χ3n) is 3.92. The molecule has 2 aromatic carbocycles. The summed E-state index contributed by atoms with van der Waals surface area (Å²) in [7, 11) is -3.45. The molecule has 1 amide bonds. The van der Waals surface area contributed by atoms with Crippen molar-refractivity contribution in [3.63, 3.8) is 0 Å². The molecule has 3 rings (SSSR count). The lowest BCUT2D eigenvalue weighted by molar-refractivity contribution is -0.120. The Balaban J connectivity index is 1.57. The lowest BCUT2D eigenvalue weighted by Gasteiger charge is -2.05. The first-order chi connectivity index (χ1) is 12.0. The number of carbonyl (C=O) groups is 1. The first kappa shape index (κ1) is 17.2. The van der Waals surface area contributed by atoms with Crippen molar-refractivity contribution in [1.82, 2.24) is 15.3 Å². The molecule has 0 saturated carbocycles. The smallest absolute Gasteiger partial charge is 0.221 e. The van der Waals surface area contributed by atoms with Crippen molar-refractivity contribution in [2.45, 2.75) is 24.8 Å². The summed E-state index contributed by atoms with van der Waals surface area (Å²) in [5.74, 6) is 0.0995. The highest BCUT2D eigenvalue weighted by Gasteiger charge is 2.16. The molecule has 0 atom stereocenters. The highest BCUT2D eigenvalue weighted by Crippen LogP contribution is 2.15. The number of aryl methyl sites for hydroxylation is 1. The minimum Gasteiger partial charge on any atom is -0.349 e. The van der Waals surface area contributed by atoms with E-state index in [1.54, 1.807) is 18.2 Å². The molecule has 25 heavy (non-hydrogen) atoms. The van der Waals surface area contributed by atoms with Crippen molar-refractivity contribution in [1.29, 1.82) is 0 Å². The van der Waals surface area contributed by atoms with Gasteiger partial charge in [-0.1, -0.05) is 30.3 Å². The standard InChI is InChI=1S/C18H19N3O3S/c1-13-6-5-9-15-18(13)21-16(20-15)12-19-17(22)10-11-25(23,24)14-7-3-2-4-8-14/h2-9H,10-12H2,1H3,(H,19,22)(H,20,21). The van der Waals surface area contributed by atoms with Crippen molar-refractivity contribution in [2.75, 3.05) is 5.75 Å². The number of sulfone groups is 1. The summed E-state index contributed by atoms with van der Waals surface area (Å²) in [5.41, 5.74) is 2.84. The van der Waals surface area contributed by atoms with E-state index in [4.69, 9.17) is 0 Å². The molecular formula is C18H19N3O3S. The Morgan fingerprint density at radius 2 is 1.88 bits per heavy atom. The molecule has 0 saturated heterocycles. The largest absolute Gasteiger partial charge is 0.349 e. The van der Waals surface area contributed by atoms with E-state index in [1.807, 2.05) is 25.1 Å². The number of carbonyl (C=O) groups excluding carboxylic acids is 1. The maximum absolute atomic E-state index is 12.2. The molecule has 0 aliphatic rings. The van der Waals surface area contributed by atoms with Crippen LogP contribution in [0.3, 0.4) is 0 Å². The Bertz CT molecular complexity index is 995. The summed E-state index contributed by atoms with van der Waals surface area (Å²) >= 11 is 0. The van der Waals surface area contributed by atoms with E-state index in [-0.39, 0.29) is 29.5 Å². The van der Waals surface area contributed by atoms with E-state index in [0.717, 1.165) is 16.6 Å². The molecule has 130 valence electrons. The average Bonchev–Trinajstić information content (AvgIpc) is 3.04. The molecule has 0 spiro atoms. The number of H-pyrrole nitrogens is 1. The molecule has 7 heteroatoms. The van der Waals surface area contributed by atoms with Crippen LogP contribution in [0, 0.1) is 6.92 Å². The second-order valence-electron chi connectivity index (χ2n) is 5.81. The number of aromatic amines is 1. The number of imidazole rings is 1. The van der Waals surface area contributed by atoms with Crippen LogP contribution < -0.4 is 5.32 Å². The highest BCUT2D eigenvalue weighted by atomic mass is 32.2. The van der Waals surface area contributed by atoms with Gasteiger partial charge in [0.05, 0.1) is 28.2 Å². The fraction of sp³-hybridized carbons (Fsp3) is 0.222. The fourth-order valence-corrected chi connectivity index (χ4v) is 3.82. The Hall–Kier alpha value is -2.67. The van der Waals surface area contributed by atoms with E-state index in [9.17, 15) is 13.2 Å². The monoisotopic (exact) mass is 357 g/mol. The number of nitrogens with zero attached hydrogens (tertiary/aromatic N) is 1. The second-order valence-corrected chi connectivity index (χ2v) is 7.92. The summed E-state index contributed by atoms with van der Waals surface area (Å²) in [6.07, 6.45) is -0.0868. The molecule has 0 radical (unpaired) electrons. The Morgan fingerprint density at radius 1 is 1.12 bits per heavy atom. The van der Waals surface area contributed by atoms with Crippen LogP contribution in [0.2, 0.25) is 0 Å². The Labute approximate surface area is 146 Å². The fourth-order valence-electron chi connectivity index (χ4n) is 2.55. The summed E-state index contributed by atoms with van der Waals surface area (Å²) in [6.45, 7) is 2.21. The molecular weight excluding hydrogens is 338 g/mol. The van der Waals surface area contributed by atoms with Gasteiger partial charge >= 0.3 is 0 Å². The van der Waals surface area contributed by atoms with Crippen LogP contribution in [0.1, 0.15) is 17.8 Å². The molecule has 1 aromatic heterocycles. The normalized spacial score (nSPS) is 11.6. The number of benzene rings is 2. The van der Waals surface area contributed by atoms with Crippen molar-refractivity contribution < 1.29 is 13.2 Å². The number of para-hydroxylation sites is 1. The van der Waals surface area contributed by atoms with Crippen LogP contribution in [0.5, 0.6) is 0 Å². The average molecular weight is 357 g/mol. The molecule has 0 aliphatic carbocycles. The van der Waals surface area contributed by atoms with Gasteiger partial charge < -0.3 is 10.3 Å². The maximum Gasteiger partial charge on any atom is 0.221 e. The summed E-state index contributed by atoms with van der Waals surface area (Å²) in [6, 6.07) is 14.0. The van der Waals surface area contributed by atoms with Crippen LogP contribution in [0.15, 0.2) is 53.4 Å². The van der Waals surface area contributed by atoms with Crippen molar-refractivity contribution in [2.24, 2.45) is 0 Å². The minimum atomic E-state index is -3.45. The zero-order valence-corrected chi connectivity index (χ0v) is 14.6. The van der Waals surface area contributed by atoms with Gasteiger partial charge in [0.1, 0.15) is 5.82 Å². The lowest BCUT2D eigenvalue weighted by Crippen LogP contribution is -2.25. The number of fused-ring (bicyclic) bond motifs is 1. The zero-order valence-electron chi connectivity index (χ0n) is 13.8. The van der Waals surface area contributed by atoms with E-state index in [1.165, 1.54) is 12.1 Å². The topological polar surface area (TPSA) is 91.9 Å². The van der Waals surface area contributed by atoms with Crippen molar-refractivity contribution in [3.8, 4) is 0 Å². The zero-order chi connectivity index (χ0) is 17.9. The molecule has 2 N–H and O–H groups in total. The number of amides is 1. The van der Waals surface area contributed by atoms with Crippen LogP contribution >= 0.6 is 0 Å². The van der Waals surface area contributed by atoms with E-state index in [2.05, 4.69) is 15.3 Å². The number of hydrogen-bond donors (Lipinski definition) is 2. The maximum atomic E-state index is 12.2. The van der Waals surface area contributed by atoms with Gasteiger partial charge in [0.25, 0.3) is 0 Å². The molecule has 3 aromatic rings. The van der Waals surface area contributed by atoms with Crippen molar-refractivity contribution in [3.05, 3.63) is 59.9 Å². The highest BCUT2D eigenvalue weighted by molar-refractivity contribution is 7.91. The summed E-state index contributed by atoms with van der Waals surface area (Å²) in [5, 5.41) is 2.71. The van der Waals surface area contributed by atoms with Crippen LogP contribution in [-0.2, 0) is 21.2 Å². The predicted octanol–water partition coefficient (Wildman–Crippen LogP) is 2.35. The third kappa shape index (κ3) is 4.06. The molecule has 1 heterocycles. The number of nitrogens with one attached hydrogen (secondary N) is 2. The van der Waals surface area contributed by atoms with Crippen LogP contribution in [0.25, 0.3) is 11.0 Å². The predicted molar refractivity (Wildman–Crippen MR) is 95.8 cm³/mol. The Kier molecular flexibility index (Phi) is 4.85.